The smallest absolute Gasteiger partial charge is 0.320 e. The molecule has 1 fully saturated rings. The number of rotatable bonds is 3. The number of hydrogen-bond acceptors (Lipinski definition) is 3. The highest BCUT2D eigenvalue weighted by molar-refractivity contribution is 8.01. The summed E-state index contributed by atoms with van der Waals surface area (Å²) < 4.78 is -0.640. The number of aliphatic carboxylic acids is 1. The molecule has 1 N–H and O–H groups in total. The van der Waals surface area contributed by atoms with E-state index in [4.69, 9.17) is 0 Å². The van der Waals surface area contributed by atoms with Crippen LogP contribution < -0.4 is 0 Å². The summed E-state index contributed by atoms with van der Waals surface area (Å²) in [6.07, 6.45) is 4.02. The van der Waals surface area contributed by atoms with Crippen LogP contribution in [0.25, 0.3) is 0 Å². The van der Waals surface area contributed by atoms with Gasteiger partial charge in [0.15, 0.2) is 0 Å². The second-order valence-corrected chi connectivity index (χ2v) is 5.67. The molecule has 0 aromatic carbocycles. The molecule has 2 heterocycles. The van der Waals surface area contributed by atoms with Crippen LogP contribution in [0.4, 0.5) is 0 Å². The first-order chi connectivity index (χ1) is 7.64. The van der Waals surface area contributed by atoms with Crippen LogP contribution in [0.3, 0.4) is 0 Å². The Labute approximate surface area is 99.3 Å². The SMILES string of the molecule is Cc1cccnc1CC1(C(=O)O)CCCS1. The molecule has 0 radical (unpaired) electrons. The maximum Gasteiger partial charge on any atom is 0.320 e. The predicted molar refractivity (Wildman–Crippen MR) is 64.7 cm³/mol. The average molecular weight is 237 g/mol. The Bertz CT molecular complexity index is 400. The van der Waals surface area contributed by atoms with Crippen LogP contribution in [0.15, 0.2) is 18.3 Å². The summed E-state index contributed by atoms with van der Waals surface area (Å²) in [4.78, 5) is 15.7. The zero-order valence-corrected chi connectivity index (χ0v) is 10.1. The summed E-state index contributed by atoms with van der Waals surface area (Å²) in [6, 6.07) is 3.87. The van der Waals surface area contributed by atoms with Crippen molar-refractivity contribution in [3.8, 4) is 0 Å². The fourth-order valence-corrected chi connectivity index (χ4v) is 3.39. The van der Waals surface area contributed by atoms with Gasteiger partial charge >= 0.3 is 5.97 Å². The van der Waals surface area contributed by atoms with E-state index < -0.39 is 10.7 Å². The Kier molecular flexibility index (Phi) is 3.19. The monoisotopic (exact) mass is 237 g/mol. The lowest BCUT2D eigenvalue weighted by atomic mass is 9.95. The van der Waals surface area contributed by atoms with E-state index in [0.717, 1.165) is 29.9 Å². The molecule has 0 saturated carbocycles. The van der Waals surface area contributed by atoms with Gasteiger partial charge in [-0.3, -0.25) is 9.78 Å². The van der Waals surface area contributed by atoms with Gasteiger partial charge in [-0.15, -0.1) is 11.8 Å². The third kappa shape index (κ3) is 2.07. The van der Waals surface area contributed by atoms with Crippen LogP contribution in [0.5, 0.6) is 0 Å². The molecule has 1 aliphatic heterocycles. The molecule has 0 bridgehead atoms. The number of hydrogen-bond donors (Lipinski definition) is 1. The second kappa shape index (κ2) is 4.45. The topological polar surface area (TPSA) is 50.2 Å². The van der Waals surface area contributed by atoms with Crippen LogP contribution >= 0.6 is 11.8 Å². The fourth-order valence-electron chi connectivity index (χ4n) is 2.06. The molecule has 2 rings (SSSR count). The highest BCUT2D eigenvalue weighted by Crippen LogP contribution is 2.41. The summed E-state index contributed by atoms with van der Waals surface area (Å²) in [7, 11) is 0. The Morgan fingerprint density at radius 1 is 1.69 bits per heavy atom. The Hall–Kier alpha value is -1.03. The molecule has 16 heavy (non-hydrogen) atoms. The van der Waals surface area contributed by atoms with Crippen molar-refractivity contribution in [2.24, 2.45) is 0 Å². The number of thioether (sulfide) groups is 1. The minimum absolute atomic E-state index is 0.541. The van der Waals surface area contributed by atoms with Crippen molar-refractivity contribution >= 4 is 17.7 Å². The highest BCUT2D eigenvalue weighted by atomic mass is 32.2. The van der Waals surface area contributed by atoms with Crippen LogP contribution in [0, 0.1) is 6.92 Å². The van der Waals surface area contributed by atoms with E-state index in [1.165, 1.54) is 0 Å². The Morgan fingerprint density at radius 3 is 3.06 bits per heavy atom. The highest BCUT2D eigenvalue weighted by Gasteiger charge is 2.42. The largest absolute Gasteiger partial charge is 0.480 e. The van der Waals surface area contributed by atoms with E-state index in [1.54, 1.807) is 18.0 Å². The molecule has 0 spiro atoms. The molecule has 4 heteroatoms. The Morgan fingerprint density at radius 2 is 2.50 bits per heavy atom. The van der Waals surface area contributed by atoms with Crippen molar-refractivity contribution in [3.63, 3.8) is 0 Å². The fraction of sp³-hybridized carbons (Fsp3) is 0.500. The molecular formula is C12H15NO2S. The molecule has 1 aromatic heterocycles. The van der Waals surface area contributed by atoms with Gasteiger partial charge in [-0.1, -0.05) is 6.07 Å². The number of carbonyl (C=O) groups is 1. The van der Waals surface area contributed by atoms with Crippen molar-refractivity contribution in [1.29, 1.82) is 0 Å². The van der Waals surface area contributed by atoms with Gasteiger partial charge < -0.3 is 5.11 Å². The number of aryl methyl sites for hydroxylation is 1. The van der Waals surface area contributed by atoms with Gasteiger partial charge in [0.05, 0.1) is 0 Å². The zero-order valence-electron chi connectivity index (χ0n) is 9.27. The summed E-state index contributed by atoms with van der Waals surface area (Å²) in [5.41, 5.74) is 2.00. The summed E-state index contributed by atoms with van der Waals surface area (Å²) in [6.45, 7) is 1.98. The minimum atomic E-state index is -0.694. The van der Waals surface area contributed by atoms with E-state index >= 15 is 0 Å². The molecule has 1 aliphatic rings. The summed E-state index contributed by atoms with van der Waals surface area (Å²) >= 11 is 1.56. The van der Waals surface area contributed by atoms with Gasteiger partial charge in [-0.25, -0.2) is 0 Å². The Balaban J connectivity index is 2.25. The van der Waals surface area contributed by atoms with Gasteiger partial charge in [0.2, 0.25) is 0 Å². The molecule has 0 aliphatic carbocycles. The first kappa shape index (κ1) is 11.5. The number of aromatic nitrogens is 1. The van der Waals surface area contributed by atoms with Crippen molar-refractivity contribution in [2.75, 3.05) is 5.75 Å². The summed E-state index contributed by atoms with van der Waals surface area (Å²) in [5, 5.41) is 9.37. The van der Waals surface area contributed by atoms with Gasteiger partial charge in [0.25, 0.3) is 0 Å². The van der Waals surface area contributed by atoms with Gasteiger partial charge in [0, 0.05) is 18.3 Å². The lowest BCUT2D eigenvalue weighted by molar-refractivity contribution is -0.139. The van der Waals surface area contributed by atoms with Gasteiger partial charge in [-0.05, 0) is 37.1 Å². The molecule has 1 saturated heterocycles. The van der Waals surface area contributed by atoms with Gasteiger partial charge in [-0.2, -0.15) is 0 Å². The van der Waals surface area contributed by atoms with Crippen molar-refractivity contribution < 1.29 is 9.90 Å². The molecule has 0 amide bonds. The molecule has 1 aromatic rings. The lowest BCUT2D eigenvalue weighted by Gasteiger charge is -2.23. The third-order valence-electron chi connectivity index (χ3n) is 3.06. The standard InChI is InChI=1S/C12H15NO2S/c1-9-4-2-6-13-10(9)8-12(11(14)15)5-3-7-16-12/h2,4,6H,3,5,7-8H2,1H3,(H,14,15). The number of carboxylic acid groups (broad SMARTS) is 1. The summed E-state index contributed by atoms with van der Waals surface area (Å²) in [5.74, 6) is 0.248. The van der Waals surface area contributed by atoms with Crippen molar-refractivity contribution in [2.45, 2.75) is 30.9 Å². The van der Waals surface area contributed by atoms with Gasteiger partial charge in [0.1, 0.15) is 4.75 Å². The van der Waals surface area contributed by atoms with E-state index in [1.807, 2.05) is 19.1 Å². The van der Waals surface area contributed by atoms with Crippen molar-refractivity contribution in [1.82, 2.24) is 4.98 Å². The van der Waals surface area contributed by atoms with Crippen LogP contribution in [-0.2, 0) is 11.2 Å². The predicted octanol–water partition coefficient (Wildman–Crippen LogP) is 2.28. The van der Waals surface area contributed by atoms with E-state index in [2.05, 4.69) is 4.98 Å². The van der Waals surface area contributed by atoms with Crippen LogP contribution in [-0.4, -0.2) is 26.6 Å². The normalized spacial score (nSPS) is 24.6. The van der Waals surface area contributed by atoms with Crippen molar-refractivity contribution in [3.05, 3.63) is 29.6 Å². The second-order valence-electron chi connectivity index (χ2n) is 4.20. The maximum atomic E-state index is 11.4. The zero-order chi connectivity index (χ0) is 11.6. The third-order valence-corrected chi connectivity index (χ3v) is 4.63. The number of pyridine rings is 1. The maximum absolute atomic E-state index is 11.4. The molecule has 1 unspecified atom stereocenters. The lowest BCUT2D eigenvalue weighted by Crippen LogP contribution is -2.35. The number of carboxylic acids is 1. The molecular weight excluding hydrogens is 222 g/mol. The minimum Gasteiger partial charge on any atom is -0.480 e. The quantitative estimate of drug-likeness (QED) is 0.876. The van der Waals surface area contributed by atoms with E-state index in [9.17, 15) is 9.90 Å². The van der Waals surface area contributed by atoms with E-state index in [0.29, 0.717) is 6.42 Å². The molecule has 86 valence electrons. The van der Waals surface area contributed by atoms with Crippen LogP contribution in [0.1, 0.15) is 24.1 Å². The molecule has 1 atom stereocenters. The first-order valence-electron chi connectivity index (χ1n) is 5.42. The average Bonchev–Trinajstić information content (AvgIpc) is 2.71. The van der Waals surface area contributed by atoms with Crippen LogP contribution in [0.2, 0.25) is 0 Å². The first-order valence-corrected chi connectivity index (χ1v) is 6.40. The number of nitrogens with zero attached hydrogens (tertiary/aromatic N) is 1. The molecule has 3 nitrogen and oxygen atoms in total. The van der Waals surface area contributed by atoms with E-state index in [-0.39, 0.29) is 0 Å².